The smallest absolute Gasteiger partial charge is 0.255 e. The highest BCUT2D eigenvalue weighted by Crippen LogP contribution is 2.20. The number of carbonyl (C=O) groups excluding carboxylic acids is 2. The predicted molar refractivity (Wildman–Crippen MR) is 77.5 cm³/mol. The van der Waals surface area contributed by atoms with E-state index in [2.05, 4.69) is 20.8 Å². The van der Waals surface area contributed by atoms with Gasteiger partial charge in [-0.15, -0.1) is 0 Å². The fourth-order valence-electron chi connectivity index (χ4n) is 2.40. The zero-order valence-electron chi connectivity index (χ0n) is 11.4. The minimum atomic E-state index is -0.177. The van der Waals surface area contributed by atoms with E-state index in [-0.39, 0.29) is 17.9 Å². The minimum Gasteiger partial charge on any atom is -0.354 e. The van der Waals surface area contributed by atoms with Gasteiger partial charge in [-0.1, -0.05) is 30.3 Å². The second-order valence-electron chi connectivity index (χ2n) is 5.04. The molecule has 1 aromatic carbocycles. The van der Waals surface area contributed by atoms with Gasteiger partial charge in [0, 0.05) is 24.6 Å². The van der Waals surface area contributed by atoms with Gasteiger partial charge in [-0.05, 0) is 6.42 Å². The van der Waals surface area contributed by atoms with Gasteiger partial charge in [0.1, 0.15) is 0 Å². The number of hydrogen-bond acceptors (Lipinski definition) is 3. The first kappa shape index (κ1) is 13.4. The molecule has 1 atom stereocenters. The lowest BCUT2D eigenvalue weighted by Crippen LogP contribution is -2.47. The van der Waals surface area contributed by atoms with Crippen LogP contribution in [-0.2, 0) is 4.79 Å². The molecule has 1 unspecified atom stereocenters. The molecule has 1 aliphatic heterocycles. The number of amides is 2. The third kappa shape index (κ3) is 2.94. The lowest BCUT2D eigenvalue weighted by molar-refractivity contribution is -0.122. The lowest BCUT2D eigenvalue weighted by Gasteiger charge is -2.23. The van der Waals surface area contributed by atoms with Crippen LogP contribution in [0.4, 0.5) is 0 Å². The molecule has 108 valence electrons. The van der Waals surface area contributed by atoms with Crippen molar-refractivity contribution in [3.8, 4) is 11.3 Å². The number of H-pyrrole nitrogens is 1. The third-order valence-corrected chi connectivity index (χ3v) is 3.55. The van der Waals surface area contributed by atoms with E-state index < -0.39 is 0 Å². The molecular formula is C15H16N4O2. The zero-order valence-corrected chi connectivity index (χ0v) is 11.4. The van der Waals surface area contributed by atoms with Crippen molar-refractivity contribution in [2.45, 2.75) is 18.9 Å². The number of piperidine rings is 1. The SMILES string of the molecule is O=C1CCC(NC(=O)c2cn[nH]c2-c2ccccc2)CN1. The summed E-state index contributed by atoms with van der Waals surface area (Å²) in [4.78, 5) is 23.5. The van der Waals surface area contributed by atoms with E-state index in [0.717, 1.165) is 5.56 Å². The molecule has 0 bridgehead atoms. The second-order valence-corrected chi connectivity index (χ2v) is 5.04. The average molecular weight is 284 g/mol. The predicted octanol–water partition coefficient (Wildman–Crippen LogP) is 1.09. The maximum atomic E-state index is 12.4. The number of carbonyl (C=O) groups is 2. The third-order valence-electron chi connectivity index (χ3n) is 3.55. The van der Waals surface area contributed by atoms with Crippen LogP contribution in [0.5, 0.6) is 0 Å². The standard InChI is InChI=1S/C15H16N4O2/c20-13-7-6-11(8-16-13)18-15(21)12-9-17-19-14(12)10-4-2-1-3-5-10/h1-5,9,11H,6-8H2,(H,16,20)(H,17,19)(H,18,21). The summed E-state index contributed by atoms with van der Waals surface area (Å²) in [5.41, 5.74) is 2.13. The fraction of sp³-hybridized carbons (Fsp3) is 0.267. The van der Waals surface area contributed by atoms with Crippen LogP contribution >= 0.6 is 0 Å². The number of benzene rings is 1. The van der Waals surface area contributed by atoms with Gasteiger partial charge < -0.3 is 10.6 Å². The Balaban J connectivity index is 1.74. The zero-order chi connectivity index (χ0) is 14.7. The summed E-state index contributed by atoms with van der Waals surface area (Å²) in [6.07, 6.45) is 2.64. The van der Waals surface area contributed by atoms with E-state index in [1.807, 2.05) is 30.3 Å². The first-order valence-corrected chi connectivity index (χ1v) is 6.90. The molecule has 2 heterocycles. The Bertz CT molecular complexity index is 641. The fourth-order valence-corrected chi connectivity index (χ4v) is 2.40. The van der Waals surface area contributed by atoms with Crippen LogP contribution in [0.2, 0.25) is 0 Å². The van der Waals surface area contributed by atoms with Crippen molar-refractivity contribution in [1.82, 2.24) is 20.8 Å². The summed E-state index contributed by atoms with van der Waals surface area (Å²) in [5, 5.41) is 12.5. The van der Waals surface area contributed by atoms with Crippen molar-refractivity contribution in [2.24, 2.45) is 0 Å². The van der Waals surface area contributed by atoms with Crippen LogP contribution in [0.3, 0.4) is 0 Å². The lowest BCUT2D eigenvalue weighted by atomic mass is 10.0. The average Bonchev–Trinajstić information content (AvgIpc) is 3.00. The Morgan fingerprint density at radius 1 is 1.29 bits per heavy atom. The van der Waals surface area contributed by atoms with Crippen LogP contribution in [0.15, 0.2) is 36.5 Å². The molecule has 0 aliphatic carbocycles. The highest BCUT2D eigenvalue weighted by Gasteiger charge is 2.22. The molecule has 6 nitrogen and oxygen atoms in total. The molecule has 1 fully saturated rings. The number of aromatic amines is 1. The Kier molecular flexibility index (Phi) is 3.68. The van der Waals surface area contributed by atoms with Gasteiger partial charge >= 0.3 is 0 Å². The number of aromatic nitrogens is 2. The number of rotatable bonds is 3. The molecular weight excluding hydrogens is 268 g/mol. The van der Waals surface area contributed by atoms with Gasteiger partial charge in [-0.2, -0.15) is 5.10 Å². The molecule has 3 rings (SSSR count). The molecule has 1 aromatic heterocycles. The van der Waals surface area contributed by atoms with Gasteiger partial charge in [0.25, 0.3) is 5.91 Å². The van der Waals surface area contributed by atoms with Crippen molar-refractivity contribution in [1.29, 1.82) is 0 Å². The quantitative estimate of drug-likeness (QED) is 0.788. The molecule has 21 heavy (non-hydrogen) atoms. The van der Waals surface area contributed by atoms with Gasteiger partial charge in [0.15, 0.2) is 0 Å². The molecule has 6 heteroatoms. The van der Waals surface area contributed by atoms with Crippen LogP contribution in [0.1, 0.15) is 23.2 Å². The van der Waals surface area contributed by atoms with Gasteiger partial charge in [-0.25, -0.2) is 0 Å². The van der Waals surface area contributed by atoms with Gasteiger partial charge in [0.05, 0.1) is 17.5 Å². The van der Waals surface area contributed by atoms with Gasteiger partial charge in [-0.3, -0.25) is 14.7 Å². The molecule has 0 spiro atoms. The highest BCUT2D eigenvalue weighted by atomic mass is 16.2. The van der Waals surface area contributed by atoms with Crippen LogP contribution in [0, 0.1) is 0 Å². The summed E-state index contributed by atoms with van der Waals surface area (Å²) in [6.45, 7) is 0.475. The van der Waals surface area contributed by atoms with E-state index in [9.17, 15) is 9.59 Å². The summed E-state index contributed by atoms with van der Waals surface area (Å²) in [7, 11) is 0. The maximum absolute atomic E-state index is 12.4. The van der Waals surface area contributed by atoms with E-state index in [1.165, 1.54) is 6.20 Å². The minimum absolute atomic E-state index is 0.0336. The van der Waals surface area contributed by atoms with Crippen LogP contribution < -0.4 is 10.6 Å². The van der Waals surface area contributed by atoms with E-state index in [0.29, 0.717) is 30.6 Å². The second kappa shape index (κ2) is 5.78. The summed E-state index contributed by atoms with van der Waals surface area (Å²) in [6, 6.07) is 9.55. The Hall–Kier alpha value is -2.63. The van der Waals surface area contributed by atoms with E-state index in [1.54, 1.807) is 0 Å². The maximum Gasteiger partial charge on any atom is 0.255 e. The molecule has 3 N–H and O–H groups in total. The number of nitrogens with one attached hydrogen (secondary N) is 3. The summed E-state index contributed by atoms with van der Waals surface area (Å²) >= 11 is 0. The van der Waals surface area contributed by atoms with Crippen molar-refractivity contribution < 1.29 is 9.59 Å². The number of nitrogens with zero attached hydrogens (tertiary/aromatic N) is 1. The van der Waals surface area contributed by atoms with Crippen LogP contribution in [0.25, 0.3) is 11.3 Å². The van der Waals surface area contributed by atoms with Gasteiger partial charge in [0.2, 0.25) is 5.91 Å². The summed E-state index contributed by atoms with van der Waals surface area (Å²) in [5.74, 6) is -0.141. The van der Waals surface area contributed by atoms with E-state index >= 15 is 0 Å². The first-order chi connectivity index (χ1) is 10.2. The van der Waals surface area contributed by atoms with Crippen molar-refractivity contribution in [3.05, 3.63) is 42.1 Å². The van der Waals surface area contributed by atoms with Crippen LogP contribution in [-0.4, -0.2) is 34.6 Å². The molecule has 2 amide bonds. The Morgan fingerprint density at radius 2 is 2.10 bits per heavy atom. The van der Waals surface area contributed by atoms with E-state index in [4.69, 9.17) is 0 Å². The largest absolute Gasteiger partial charge is 0.354 e. The van der Waals surface area contributed by atoms with Crippen molar-refractivity contribution in [3.63, 3.8) is 0 Å². The van der Waals surface area contributed by atoms with Crippen molar-refractivity contribution >= 4 is 11.8 Å². The number of hydrogen-bond donors (Lipinski definition) is 3. The molecule has 0 radical (unpaired) electrons. The normalized spacial score (nSPS) is 18.1. The molecule has 1 saturated heterocycles. The monoisotopic (exact) mass is 284 g/mol. The molecule has 2 aromatic rings. The highest BCUT2D eigenvalue weighted by molar-refractivity contribution is 6.00. The first-order valence-electron chi connectivity index (χ1n) is 6.90. The Morgan fingerprint density at radius 3 is 2.81 bits per heavy atom. The summed E-state index contributed by atoms with van der Waals surface area (Å²) < 4.78 is 0. The van der Waals surface area contributed by atoms with Crippen molar-refractivity contribution in [2.75, 3.05) is 6.54 Å². The Labute approximate surface area is 121 Å². The molecule has 1 aliphatic rings. The topological polar surface area (TPSA) is 86.9 Å². The molecule has 0 saturated carbocycles.